The monoisotopic (exact) mass is 523 g/mol. The summed E-state index contributed by atoms with van der Waals surface area (Å²) in [6, 6.07) is 22.0. The molecular weight excluding hydrogens is 484 g/mol. The van der Waals surface area contributed by atoms with Crippen LogP contribution in [-0.4, -0.2) is 30.4 Å². The topological polar surface area (TPSA) is 30.9 Å². The molecule has 2 atom stereocenters. The van der Waals surface area contributed by atoms with E-state index in [1.165, 1.54) is 12.1 Å². The summed E-state index contributed by atoms with van der Waals surface area (Å²) in [6.07, 6.45) is 4.36. The van der Waals surface area contributed by atoms with Crippen LogP contribution in [0.4, 0.5) is 8.78 Å². The zero-order valence-corrected chi connectivity index (χ0v) is 22.5. The van der Waals surface area contributed by atoms with E-state index in [2.05, 4.69) is 4.90 Å². The van der Waals surface area contributed by atoms with Crippen molar-refractivity contribution >= 4 is 0 Å². The molecule has 0 spiro atoms. The first kappa shape index (κ1) is 28.2. The number of nitrogens with zero attached hydrogens (tertiary/aromatic N) is 1. The summed E-state index contributed by atoms with van der Waals surface area (Å²) in [4.78, 5) is 2.09. The van der Waals surface area contributed by atoms with Crippen molar-refractivity contribution in [3.05, 3.63) is 101 Å². The lowest BCUT2D eigenvalue weighted by molar-refractivity contribution is -0.226. The fourth-order valence-corrected chi connectivity index (χ4v) is 5.16. The Labute approximate surface area is 225 Å². The lowest BCUT2D eigenvalue weighted by Gasteiger charge is -2.49. The van der Waals surface area contributed by atoms with Crippen LogP contribution in [0.3, 0.4) is 0 Å². The van der Waals surface area contributed by atoms with Crippen molar-refractivity contribution in [3.63, 3.8) is 0 Å². The maximum absolute atomic E-state index is 15.4. The van der Waals surface area contributed by atoms with Gasteiger partial charge in [0.15, 0.2) is 0 Å². The van der Waals surface area contributed by atoms with E-state index >= 15 is 8.78 Å². The van der Waals surface area contributed by atoms with Crippen LogP contribution in [0.15, 0.2) is 72.8 Å². The second-order valence-corrected chi connectivity index (χ2v) is 10.0. The Morgan fingerprint density at radius 3 is 2.16 bits per heavy atom. The molecule has 3 aromatic rings. The van der Waals surface area contributed by atoms with Crippen LogP contribution < -0.4 is 4.74 Å². The van der Waals surface area contributed by atoms with Gasteiger partial charge < -0.3 is 14.2 Å². The van der Waals surface area contributed by atoms with E-state index in [0.717, 1.165) is 36.8 Å². The molecule has 204 valence electrons. The van der Waals surface area contributed by atoms with Gasteiger partial charge in [-0.2, -0.15) is 0 Å². The third-order valence-electron chi connectivity index (χ3n) is 7.23. The standard InChI is InChI=1S/C32H39F2NO3/c1-3-4-19-37-28-20-29(33)31(30(34)21-28)25(2)35-18-12-11-17-32(35,38-23-27-15-9-6-10-16-27)24-36-22-26-13-7-5-8-14-26/h5-10,13-16,20-21,25H,3-4,11-12,17-19,22-24H2,1-2H3. The molecule has 0 aliphatic carbocycles. The van der Waals surface area contributed by atoms with Gasteiger partial charge in [-0.15, -0.1) is 0 Å². The summed E-state index contributed by atoms with van der Waals surface area (Å²) in [6.45, 7) is 6.09. The Kier molecular flexibility index (Phi) is 10.3. The summed E-state index contributed by atoms with van der Waals surface area (Å²) in [5, 5.41) is 0. The van der Waals surface area contributed by atoms with Crippen LogP contribution in [0, 0.1) is 11.6 Å². The van der Waals surface area contributed by atoms with E-state index in [9.17, 15) is 0 Å². The van der Waals surface area contributed by atoms with Crippen LogP contribution in [0.25, 0.3) is 0 Å². The summed E-state index contributed by atoms with van der Waals surface area (Å²) in [5.74, 6) is -0.978. The predicted octanol–water partition coefficient (Wildman–Crippen LogP) is 7.82. The smallest absolute Gasteiger partial charge is 0.146 e. The molecule has 1 fully saturated rings. The zero-order valence-electron chi connectivity index (χ0n) is 22.5. The predicted molar refractivity (Wildman–Crippen MR) is 146 cm³/mol. The minimum Gasteiger partial charge on any atom is -0.493 e. The van der Waals surface area contributed by atoms with Crippen LogP contribution >= 0.6 is 0 Å². The van der Waals surface area contributed by atoms with Crippen molar-refractivity contribution in [1.82, 2.24) is 4.90 Å². The quantitative estimate of drug-likeness (QED) is 0.214. The highest BCUT2D eigenvalue weighted by Gasteiger charge is 2.44. The maximum Gasteiger partial charge on any atom is 0.146 e. The van der Waals surface area contributed by atoms with Crippen molar-refractivity contribution in [3.8, 4) is 5.75 Å². The molecule has 2 unspecified atom stereocenters. The number of ether oxygens (including phenoxy) is 3. The summed E-state index contributed by atoms with van der Waals surface area (Å²) in [5.41, 5.74) is 1.32. The minimum atomic E-state index is -0.822. The first-order valence-electron chi connectivity index (χ1n) is 13.7. The Bertz CT molecular complexity index is 1110. The molecule has 4 rings (SSSR count). The van der Waals surface area contributed by atoms with Crippen molar-refractivity contribution in [2.75, 3.05) is 19.8 Å². The lowest BCUT2D eigenvalue weighted by atomic mass is 9.93. The van der Waals surface area contributed by atoms with Gasteiger partial charge in [-0.25, -0.2) is 8.78 Å². The van der Waals surface area contributed by atoms with E-state index < -0.39 is 23.4 Å². The van der Waals surface area contributed by atoms with Crippen LogP contribution in [-0.2, 0) is 22.7 Å². The Morgan fingerprint density at radius 1 is 0.895 bits per heavy atom. The SMILES string of the molecule is CCCCOc1cc(F)c(C(C)N2CCCCC2(COCc2ccccc2)OCc2ccccc2)c(F)c1. The molecule has 4 nitrogen and oxygen atoms in total. The third kappa shape index (κ3) is 7.19. The second-order valence-electron chi connectivity index (χ2n) is 10.0. The maximum atomic E-state index is 15.4. The van der Waals surface area contributed by atoms with Crippen molar-refractivity contribution < 1.29 is 23.0 Å². The Balaban J connectivity index is 1.59. The molecule has 3 aromatic carbocycles. The first-order valence-corrected chi connectivity index (χ1v) is 13.7. The van der Waals surface area contributed by atoms with Gasteiger partial charge in [0.1, 0.15) is 23.1 Å². The number of likely N-dealkylation sites (tertiary alicyclic amines) is 1. The molecule has 0 bridgehead atoms. The number of hydrogen-bond donors (Lipinski definition) is 0. The van der Waals surface area contributed by atoms with Crippen molar-refractivity contribution in [2.45, 2.75) is 70.9 Å². The average Bonchev–Trinajstić information content (AvgIpc) is 2.93. The minimum absolute atomic E-state index is 0.0329. The molecule has 0 radical (unpaired) electrons. The fourth-order valence-electron chi connectivity index (χ4n) is 5.16. The third-order valence-corrected chi connectivity index (χ3v) is 7.23. The Hall–Kier alpha value is -2.80. The molecule has 1 saturated heterocycles. The molecular formula is C32H39F2NO3. The molecule has 0 aromatic heterocycles. The highest BCUT2D eigenvalue weighted by atomic mass is 19.1. The number of halogens is 2. The van der Waals surface area contributed by atoms with Gasteiger partial charge >= 0.3 is 0 Å². The molecule has 6 heteroatoms. The summed E-state index contributed by atoms with van der Waals surface area (Å²) in [7, 11) is 0. The molecule has 0 saturated carbocycles. The molecule has 38 heavy (non-hydrogen) atoms. The van der Waals surface area contributed by atoms with Gasteiger partial charge in [-0.1, -0.05) is 74.0 Å². The molecule has 1 heterocycles. The normalized spacial score (nSPS) is 18.8. The largest absolute Gasteiger partial charge is 0.493 e. The zero-order chi connectivity index (χ0) is 26.8. The van der Waals surface area contributed by atoms with E-state index in [-0.39, 0.29) is 11.3 Å². The molecule has 1 aliphatic heterocycles. The number of piperidine rings is 1. The molecule has 0 N–H and O–H groups in total. The van der Waals surface area contributed by atoms with Crippen LogP contribution in [0.2, 0.25) is 0 Å². The lowest BCUT2D eigenvalue weighted by Crippen LogP contribution is -2.57. The van der Waals surface area contributed by atoms with E-state index in [0.29, 0.717) is 39.4 Å². The van der Waals surface area contributed by atoms with E-state index in [1.54, 1.807) is 0 Å². The van der Waals surface area contributed by atoms with Gasteiger partial charge in [0.05, 0.1) is 26.4 Å². The number of rotatable bonds is 13. The highest BCUT2D eigenvalue weighted by molar-refractivity contribution is 5.33. The average molecular weight is 524 g/mol. The van der Waals surface area contributed by atoms with Gasteiger partial charge in [-0.3, -0.25) is 4.90 Å². The molecule has 0 amide bonds. The molecule has 1 aliphatic rings. The van der Waals surface area contributed by atoms with Crippen molar-refractivity contribution in [1.29, 1.82) is 0 Å². The van der Waals surface area contributed by atoms with Crippen molar-refractivity contribution in [2.24, 2.45) is 0 Å². The second kappa shape index (κ2) is 13.8. The number of benzene rings is 3. The van der Waals surface area contributed by atoms with Crippen LogP contribution in [0.1, 0.15) is 68.7 Å². The van der Waals surface area contributed by atoms with Crippen LogP contribution in [0.5, 0.6) is 5.75 Å². The summed E-state index contributed by atoms with van der Waals surface area (Å²) < 4.78 is 49.2. The van der Waals surface area contributed by atoms with E-state index in [4.69, 9.17) is 14.2 Å². The number of unbranched alkanes of at least 4 members (excludes halogenated alkanes) is 1. The first-order chi connectivity index (χ1) is 18.5. The van der Waals surface area contributed by atoms with E-state index in [1.807, 2.05) is 74.5 Å². The number of hydrogen-bond acceptors (Lipinski definition) is 4. The highest BCUT2D eigenvalue weighted by Crippen LogP contribution is 2.40. The Morgan fingerprint density at radius 2 is 1.53 bits per heavy atom. The fraction of sp³-hybridized carbons (Fsp3) is 0.438. The van der Waals surface area contributed by atoms with Gasteiger partial charge in [0.2, 0.25) is 0 Å². The van der Waals surface area contributed by atoms with Gasteiger partial charge in [0.25, 0.3) is 0 Å². The van der Waals surface area contributed by atoms with Gasteiger partial charge in [0, 0.05) is 30.3 Å². The summed E-state index contributed by atoms with van der Waals surface area (Å²) >= 11 is 0. The van der Waals surface area contributed by atoms with Gasteiger partial charge in [-0.05, 0) is 43.7 Å².